The van der Waals surface area contributed by atoms with E-state index in [1.165, 1.54) is 10.5 Å². The second-order valence-electron chi connectivity index (χ2n) is 5.10. The van der Waals surface area contributed by atoms with Crippen LogP contribution in [0.25, 0.3) is 0 Å². The number of hydrogen-bond donors (Lipinski definition) is 2. The third-order valence-electron chi connectivity index (χ3n) is 3.60. The van der Waals surface area contributed by atoms with Crippen LogP contribution in [0, 0.1) is 0 Å². The summed E-state index contributed by atoms with van der Waals surface area (Å²) in [5, 5.41) is 8.35. The summed E-state index contributed by atoms with van der Waals surface area (Å²) in [7, 11) is 0. The maximum atomic E-state index is 12.3. The van der Waals surface area contributed by atoms with Crippen molar-refractivity contribution in [2.24, 2.45) is 0 Å². The minimum absolute atomic E-state index is 0.00371. The van der Waals surface area contributed by atoms with Crippen LogP contribution in [0.4, 0.5) is 0 Å². The fraction of sp³-hybridized carbons (Fsp3) is 0.312. The topological polar surface area (TPSA) is 46.1 Å². The molecular formula is C16H19N3OS. The first-order valence-corrected chi connectivity index (χ1v) is 8.05. The average Bonchev–Trinajstić information content (AvgIpc) is 3.18. The molecule has 0 radical (unpaired) electrons. The van der Waals surface area contributed by atoms with Crippen LogP contribution < -0.4 is 10.6 Å². The Morgan fingerprint density at radius 3 is 3.10 bits per heavy atom. The quantitative estimate of drug-likeness (QED) is 0.832. The lowest BCUT2D eigenvalue weighted by Gasteiger charge is -2.15. The van der Waals surface area contributed by atoms with Gasteiger partial charge in [-0.15, -0.1) is 11.3 Å². The summed E-state index contributed by atoms with van der Waals surface area (Å²) >= 11 is 1.71. The lowest BCUT2D eigenvalue weighted by Crippen LogP contribution is -2.30. The van der Waals surface area contributed by atoms with Crippen molar-refractivity contribution in [1.29, 1.82) is 0 Å². The molecule has 4 nitrogen and oxygen atoms in total. The smallest absolute Gasteiger partial charge is 0.268 e. The summed E-state index contributed by atoms with van der Waals surface area (Å²) in [6.07, 6.45) is 5.13. The number of nitrogens with zero attached hydrogens (tertiary/aromatic N) is 1. The van der Waals surface area contributed by atoms with E-state index in [0.29, 0.717) is 6.54 Å². The zero-order valence-corrected chi connectivity index (χ0v) is 12.7. The number of nitrogens with one attached hydrogen (secondary N) is 2. The van der Waals surface area contributed by atoms with Crippen molar-refractivity contribution in [3.05, 3.63) is 58.1 Å². The number of carbonyl (C=O) groups excluding carboxylic acids is 1. The average molecular weight is 301 g/mol. The Kier molecular flexibility index (Phi) is 4.52. The Bertz CT molecular complexity index is 628. The van der Waals surface area contributed by atoms with Crippen LogP contribution in [0.3, 0.4) is 0 Å². The number of thiophene rings is 1. The summed E-state index contributed by atoms with van der Waals surface area (Å²) in [5.74, 6) is -0.00371. The zero-order chi connectivity index (χ0) is 14.5. The van der Waals surface area contributed by atoms with E-state index in [9.17, 15) is 4.79 Å². The molecule has 0 atom stereocenters. The SMILES string of the molecule is O=C(NCC1=CCNCC1)c1cccn1Cc1cccs1. The van der Waals surface area contributed by atoms with Crippen LogP contribution in [0.15, 0.2) is 47.5 Å². The Morgan fingerprint density at radius 2 is 2.33 bits per heavy atom. The van der Waals surface area contributed by atoms with E-state index in [1.807, 2.05) is 29.0 Å². The van der Waals surface area contributed by atoms with Crippen molar-refractivity contribution in [2.45, 2.75) is 13.0 Å². The van der Waals surface area contributed by atoms with Gasteiger partial charge in [0, 0.05) is 24.2 Å². The first-order chi connectivity index (χ1) is 10.3. The van der Waals surface area contributed by atoms with Crippen molar-refractivity contribution in [2.75, 3.05) is 19.6 Å². The molecule has 21 heavy (non-hydrogen) atoms. The van der Waals surface area contributed by atoms with Gasteiger partial charge in [-0.2, -0.15) is 0 Å². The Balaban J connectivity index is 1.62. The van der Waals surface area contributed by atoms with Crippen molar-refractivity contribution in [3.63, 3.8) is 0 Å². The molecule has 0 spiro atoms. The molecule has 0 unspecified atom stereocenters. The number of rotatable bonds is 5. The second-order valence-corrected chi connectivity index (χ2v) is 6.13. The molecule has 1 aliphatic rings. The molecule has 0 saturated carbocycles. The summed E-state index contributed by atoms with van der Waals surface area (Å²) in [4.78, 5) is 13.6. The molecule has 3 rings (SSSR count). The fourth-order valence-electron chi connectivity index (χ4n) is 2.44. The van der Waals surface area contributed by atoms with Crippen LogP contribution in [-0.2, 0) is 6.54 Å². The number of amides is 1. The van der Waals surface area contributed by atoms with Crippen molar-refractivity contribution >= 4 is 17.2 Å². The Hall–Kier alpha value is -1.85. The van der Waals surface area contributed by atoms with Gasteiger partial charge in [0.1, 0.15) is 5.69 Å². The first kappa shape index (κ1) is 14.1. The summed E-state index contributed by atoms with van der Waals surface area (Å²) in [5.41, 5.74) is 2.02. The minimum atomic E-state index is -0.00371. The third-order valence-corrected chi connectivity index (χ3v) is 4.46. The molecule has 110 valence electrons. The molecular weight excluding hydrogens is 282 g/mol. The highest BCUT2D eigenvalue weighted by Crippen LogP contribution is 2.13. The molecule has 2 aromatic rings. The maximum absolute atomic E-state index is 12.3. The van der Waals surface area contributed by atoms with Gasteiger partial charge in [-0.05, 0) is 36.5 Å². The van der Waals surface area contributed by atoms with Gasteiger partial charge in [-0.3, -0.25) is 4.79 Å². The first-order valence-electron chi connectivity index (χ1n) is 7.17. The van der Waals surface area contributed by atoms with Crippen molar-refractivity contribution in [1.82, 2.24) is 15.2 Å². The van der Waals surface area contributed by atoms with Crippen LogP contribution in [0.5, 0.6) is 0 Å². The normalized spacial score (nSPS) is 14.8. The number of carbonyl (C=O) groups is 1. The maximum Gasteiger partial charge on any atom is 0.268 e. The Morgan fingerprint density at radius 1 is 1.38 bits per heavy atom. The molecule has 1 amide bonds. The molecule has 0 bridgehead atoms. The Labute approximate surface area is 128 Å². The van der Waals surface area contributed by atoms with E-state index in [1.54, 1.807) is 11.3 Å². The molecule has 2 N–H and O–H groups in total. The molecule has 1 aliphatic heterocycles. The van der Waals surface area contributed by atoms with Crippen LogP contribution in [0.1, 0.15) is 21.8 Å². The third kappa shape index (κ3) is 3.62. The van der Waals surface area contributed by atoms with Gasteiger partial charge in [-0.25, -0.2) is 0 Å². The van der Waals surface area contributed by atoms with Crippen LogP contribution in [-0.4, -0.2) is 30.1 Å². The van der Waals surface area contributed by atoms with Crippen LogP contribution >= 0.6 is 11.3 Å². The van der Waals surface area contributed by atoms with E-state index >= 15 is 0 Å². The lowest BCUT2D eigenvalue weighted by molar-refractivity contribution is 0.0948. The predicted octanol–water partition coefficient (Wildman–Crippen LogP) is 2.25. The van der Waals surface area contributed by atoms with E-state index in [-0.39, 0.29) is 5.91 Å². The van der Waals surface area contributed by atoms with Crippen molar-refractivity contribution in [3.8, 4) is 0 Å². The highest BCUT2D eigenvalue weighted by Gasteiger charge is 2.12. The molecule has 3 heterocycles. The summed E-state index contributed by atoms with van der Waals surface area (Å²) < 4.78 is 2.00. The molecule has 2 aromatic heterocycles. The van der Waals surface area contributed by atoms with E-state index in [4.69, 9.17) is 0 Å². The molecule has 0 aromatic carbocycles. The predicted molar refractivity (Wildman–Crippen MR) is 85.8 cm³/mol. The number of hydrogen-bond acceptors (Lipinski definition) is 3. The highest BCUT2D eigenvalue weighted by atomic mass is 32.1. The lowest BCUT2D eigenvalue weighted by atomic mass is 10.1. The van der Waals surface area contributed by atoms with Crippen LogP contribution in [0.2, 0.25) is 0 Å². The van der Waals surface area contributed by atoms with E-state index in [2.05, 4.69) is 28.2 Å². The van der Waals surface area contributed by atoms with Gasteiger partial charge in [0.2, 0.25) is 0 Å². The standard InChI is InChI=1S/C16H19N3OS/c20-16(18-11-13-5-7-17-8-6-13)15-4-1-9-19(15)12-14-3-2-10-21-14/h1-5,9-10,17H,6-8,11-12H2,(H,18,20). The van der Waals surface area contributed by atoms with Crippen molar-refractivity contribution < 1.29 is 4.79 Å². The van der Waals surface area contributed by atoms with Gasteiger partial charge >= 0.3 is 0 Å². The molecule has 0 fully saturated rings. The van der Waals surface area contributed by atoms with E-state index < -0.39 is 0 Å². The largest absolute Gasteiger partial charge is 0.347 e. The van der Waals surface area contributed by atoms with Gasteiger partial charge < -0.3 is 15.2 Å². The fourth-order valence-corrected chi connectivity index (χ4v) is 3.15. The minimum Gasteiger partial charge on any atom is -0.347 e. The van der Waals surface area contributed by atoms with Gasteiger partial charge in [-0.1, -0.05) is 17.7 Å². The monoisotopic (exact) mass is 301 g/mol. The molecule has 5 heteroatoms. The number of aromatic nitrogens is 1. The van der Waals surface area contributed by atoms with Gasteiger partial charge in [0.05, 0.1) is 6.54 Å². The zero-order valence-electron chi connectivity index (χ0n) is 11.8. The van der Waals surface area contributed by atoms with E-state index in [0.717, 1.165) is 31.7 Å². The molecule has 0 saturated heterocycles. The molecule has 0 aliphatic carbocycles. The summed E-state index contributed by atoms with van der Waals surface area (Å²) in [6.45, 7) is 3.29. The second kappa shape index (κ2) is 6.74. The van der Waals surface area contributed by atoms with Gasteiger partial charge in [0.25, 0.3) is 5.91 Å². The highest BCUT2D eigenvalue weighted by molar-refractivity contribution is 7.09. The van der Waals surface area contributed by atoms with Gasteiger partial charge in [0.15, 0.2) is 0 Å². The summed E-state index contributed by atoms with van der Waals surface area (Å²) in [6, 6.07) is 7.92.